The molecule has 5 heteroatoms. The fraction of sp³-hybridized carbons (Fsp3) is 0.724. The number of allylic oxidation sites excluding steroid dienone is 3. The first kappa shape index (κ1) is 29.0. The van der Waals surface area contributed by atoms with Crippen LogP contribution in [0.25, 0.3) is 0 Å². The zero-order valence-corrected chi connectivity index (χ0v) is 26.1. The van der Waals surface area contributed by atoms with Crippen LogP contribution in [-0.4, -0.2) is 16.6 Å². The van der Waals surface area contributed by atoms with E-state index in [1.54, 1.807) is 6.26 Å². The smallest absolute Gasteiger partial charge is 0.258 e. The van der Waals surface area contributed by atoms with Crippen molar-refractivity contribution in [2.75, 3.05) is 0 Å². The van der Waals surface area contributed by atoms with Gasteiger partial charge in [0.1, 0.15) is 5.76 Å². The van der Waals surface area contributed by atoms with Crippen LogP contribution < -0.4 is 0 Å². The molecule has 1 aliphatic carbocycles. The van der Waals surface area contributed by atoms with Gasteiger partial charge in [0.2, 0.25) is 0 Å². The monoisotopic (exact) mass is 504 g/mol. The van der Waals surface area contributed by atoms with Crippen molar-refractivity contribution < 1.29 is 13.3 Å². The molecule has 0 amide bonds. The van der Waals surface area contributed by atoms with Crippen molar-refractivity contribution in [1.82, 2.24) is 0 Å². The van der Waals surface area contributed by atoms with Gasteiger partial charge in [-0.05, 0) is 63.4 Å². The van der Waals surface area contributed by atoms with Gasteiger partial charge >= 0.3 is 0 Å². The summed E-state index contributed by atoms with van der Waals surface area (Å²) in [6.45, 7) is 28.2. The van der Waals surface area contributed by atoms with Crippen LogP contribution in [0, 0.1) is 0 Å². The molecule has 0 spiro atoms. The fourth-order valence-electron chi connectivity index (χ4n) is 6.92. The largest absolute Gasteiger partial charge is 0.548 e. The van der Waals surface area contributed by atoms with E-state index in [1.807, 2.05) is 6.07 Å². The molecule has 2 rings (SSSR count). The predicted octanol–water partition coefficient (Wildman–Crippen LogP) is 10.3. The van der Waals surface area contributed by atoms with Gasteiger partial charge in [-0.3, -0.25) is 0 Å². The van der Waals surface area contributed by atoms with Crippen LogP contribution in [-0.2, 0) is 8.85 Å². The molecular weight excluding hydrogens is 452 g/mol. The minimum Gasteiger partial charge on any atom is -0.548 e. The standard InChI is InChI=1S/C29H52O3Si2/c1-20(2)33(21(3)4,22(5)6)31-19-26-15-16-27(18-28(26)29-14-13-17-30-29)32-34(23(7)8,24(9)10)25(11)12/h13-14,17-25,28H,15-16H2,1-12H3/b26-19-. The zero-order chi connectivity index (χ0) is 25.8. The second kappa shape index (κ2) is 11.7. The number of furan rings is 1. The maximum absolute atomic E-state index is 7.10. The molecule has 0 aliphatic heterocycles. The van der Waals surface area contributed by atoms with E-state index in [-0.39, 0.29) is 5.92 Å². The number of hydrogen-bond acceptors (Lipinski definition) is 3. The van der Waals surface area contributed by atoms with Crippen LogP contribution in [0.2, 0.25) is 33.2 Å². The Labute approximate surface area is 212 Å². The lowest BCUT2D eigenvalue weighted by atomic mass is 9.88. The topological polar surface area (TPSA) is 31.6 Å². The molecular formula is C29H52O3Si2. The van der Waals surface area contributed by atoms with Crippen LogP contribution in [0.4, 0.5) is 0 Å². The first-order valence-electron chi connectivity index (χ1n) is 13.6. The molecule has 1 unspecified atom stereocenters. The molecule has 0 saturated carbocycles. The Morgan fingerprint density at radius 2 is 1.26 bits per heavy atom. The Kier molecular flexibility index (Phi) is 9.98. The molecule has 1 heterocycles. The maximum Gasteiger partial charge on any atom is 0.258 e. The Bertz CT molecular complexity index is 773. The SMILES string of the molecule is CC(C)[Si](O/C=C1/CCC(O[Si](C(C)C)(C(C)C)C(C)C)=CC1c1ccco1)(C(C)C)C(C)C. The fourth-order valence-corrected chi connectivity index (χ4v) is 17.4. The average Bonchev–Trinajstić information content (AvgIpc) is 3.26. The van der Waals surface area contributed by atoms with E-state index < -0.39 is 16.6 Å². The minimum atomic E-state index is -1.99. The highest BCUT2D eigenvalue weighted by atomic mass is 28.4. The van der Waals surface area contributed by atoms with Crippen LogP contribution in [0.15, 0.2) is 46.5 Å². The van der Waals surface area contributed by atoms with E-state index in [1.165, 1.54) is 5.57 Å². The molecule has 0 bridgehead atoms. The third-order valence-electron chi connectivity index (χ3n) is 8.40. The van der Waals surface area contributed by atoms with Crippen molar-refractivity contribution in [2.45, 2.75) is 135 Å². The molecule has 0 radical (unpaired) electrons. The van der Waals surface area contributed by atoms with Gasteiger partial charge in [0.25, 0.3) is 16.6 Å². The molecule has 1 aromatic heterocycles. The Hall–Kier alpha value is -1.21. The summed E-state index contributed by atoms with van der Waals surface area (Å²) in [4.78, 5) is 0. The van der Waals surface area contributed by atoms with Gasteiger partial charge in [-0.1, -0.05) is 83.1 Å². The number of hydrogen-bond donors (Lipinski definition) is 0. The summed E-state index contributed by atoms with van der Waals surface area (Å²) in [5.41, 5.74) is 4.66. The summed E-state index contributed by atoms with van der Waals surface area (Å²) >= 11 is 0. The lowest BCUT2D eigenvalue weighted by molar-refractivity contribution is 0.339. The van der Waals surface area contributed by atoms with Crippen molar-refractivity contribution >= 4 is 16.6 Å². The predicted molar refractivity (Wildman–Crippen MR) is 151 cm³/mol. The molecule has 0 saturated heterocycles. The first-order chi connectivity index (χ1) is 15.8. The molecule has 1 atom stereocenters. The highest BCUT2D eigenvalue weighted by Crippen LogP contribution is 2.47. The Morgan fingerprint density at radius 3 is 1.68 bits per heavy atom. The minimum absolute atomic E-state index is 0.0788. The highest BCUT2D eigenvalue weighted by molar-refractivity contribution is 6.78. The third-order valence-corrected chi connectivity index (χ3v) is 20.4. The summed E-state index contributed by atoms with van der Waals surface area (Å²) in [5.74, 6) is 2.21. The molecule has 0 fully saturated rings. The van der Waals surface area contributed by atoms with E-state index in [2.05, 4.69) is 101 Å². The summed E-state index contributed by atoms with van der Waals surface area (Å²) < 4.78 is 19.9. The second-order valence-electron chi connectivity index (χ2n) is 12.2. The van der Waals surface area contributed by atoms with Gasteiger partial charge in [0.05, 0.1) is 24.2 Å². The van der Waals surface area contributed by atoms with Gasteiger partial charge in [-0.25, -0.2) is 0 Å². The molecule has 3 nitrogen and oxygen atoms in total. The van der Waals surface area contributed by atoms with Crippen molar-refractivity contribution in [2.24, 2.45) is 0 Å². The highest BCUT2D eigenvalue weighted by Gasteiger charge is 2.48. The first-order valence-corrected chi connectivity index (χ1v) is 17.9. The Morgan fingerprint density at radius 1 is 0.765 bits per heavy atom. The summed E-state index contributed by atoms with van der Waals surface area (Å²) in [7, 11) is -3.97. The Balaban J connectivity index is 2.47. The van der Waals surface area contributed by atoms with E-state index in [0.717, 1.165) is 24.4 Å². The molecule has 1 aliphatic rings. The van der Waals surface area contributed by atoms with E-state index in [4.69, 9.17) is 13.3 Å². The van der Waals surface area contributed by atoms with E-state index in [0.29, 0.717) is 33.2 Å². The molecule has 34 heavy (non-hydrogen) atoms. The van der Waals surface area contributed by atoms with E-state index >= 15 is 0 Å². The molecule has 0 N–H and O–H groups in total. The third kappa shape index (κ3) is 5.61. The van der Waals surface area contributed by atoms with Crippen LogP contribution in [0.1, 0.15) is 108 Å². The van der Waals surface area contributed by atoms with Gasteiger partial charge in [-0.2, -0.15) is 0 Å². The second-order valence-corrected chi connectivity index (χ2v) is 23.0. The summed E-state index contributed by atoms with van der Waals surface area (Å²) in [6, 6.07) is 4.08. The normalized spacial score (nSPS) is 19.3. The lowest BCUT2D eigenvalue weighted by Gasteiger charge is -2.44. The quantitative estimate of drug-likeness (QED) is 0.222. The van der Waals surface area contributed by atoms with Gasteiger partial charge < -0.3 is 13.3 Å². The lowest BCUT2D eigenvalue weighted by Crippen LogP contribution is -2.47. The number of rotatable bonds is 11. The van der Waals surface area contributed by atoms with Gasteiger partial charge in [0, 0.05) is 6.42 Å². The van der Waals surface area contributed by atoms with Crippen LogP contribution in [0.3, 0.4) is 0 Å². The molecule has 1 aromatic rings. The van der Waals surface area contributed by atoms with Crippen molar-refractivity contribution in [3.05, 3.63) is 47.8 Å². The average molecular weight is 505 g/mol. The van der Waals surface area contributed by atoms with Crippen LogP contribution >= 0.6 is 0 Å². The maximum atomic E-state index is 7.10. The summed E-state index contributed by atoms with van der Waals surface area (Å²) in [5, 5.41) is 0. The molecule has 0 aromatic carbocycles. The van der Waals surface area contributed by atoms with E-state index in [9.17, 15) is 0 Å². The van der Waals surface area contributed by atoms with Gasteiger partial charge in [0.15, 0.2) is 0 Å². The summed E-state index contributed by atoms with van der Waals surface area (Å²) in [6.07, 6.45) is 8.13. The van der Waals surface area contributed by atoms with Crippen molar-refractivity contribution in [3.63, 3.8) is 0 Å². The van der Waals surface area contributed by atoms with Crippen molar-refractivity contribution in [3.8, 4) is 0 Å². The van der Waals surface area contributed by atoms with Gasteiger partial charge in [-0.15, -0.1) is 0 Å². The molecule has 194 valence electrons. The van der Waals surface area contributed by atoms with Crippen molar-refractivity contribution in [1.29, 1.82) is 0 Å². The van der Waals surface area contributed by atoms with Crippen LogP contribution in [0.5, 0.6) is 0 Å². The zero-order valence-electron chi connectivity index (χ0n) is 24.1.